The molecule has 146 valence electrons. The number of aromatic amines is 1. The Hall–Kier alpha value is -2.66. The Morgan fingerprint density at radius 1 is 1.21 bits per heavy atom. The van der Waals surface area contributed by atoms with Crippen LogP contribution >= 0.6 is 11.6 Å². The van der Waals surface area contributed by atoms with E-state index in [1.54, 1.807) is 17.0 Å². The molecule has 2 aromatic carbocycles. The Balaban J connectivity index is 1.84. The van der Waals surface area contributed by atoms with Crippen molar-refractivity contribution in [1.29, 1.82) is 0 Å². The largest absolute Gasteiger partial charge is 0.508 e. The number of hydrogen-bond donors (Lipinski definition) is 2. The van der Waals surface area contributed by atoms with Gasteiger partial charge in [-0.05, 0) is 68.7 Å². The van der Waals surface area contributed by atoms with Gasteiger partial charge < -0.3 is 14.8 Å². The first kappa shape index (κ1) is 18.7. The van der Waals surface area contributed by atoms with Crippen LogP contribution in [0.25, 0.3) is 10.9 Å². The third kappa shape index (κ3) is 3.42. The van der Waals surface area contributed by atoms with Gasteiger partial charge in [-0.3, -0.25) is 4.90 Å². The lowest BCUT2D eigenvalue weighted by molar-refractivity contribution is 0.0175. The fraction of sp³-hybridized carbons (Fsp3) is 0.318. The van der Waals surface area contributed by atoms with Crippen LogP contribution in [0.1, 0.15) is 43.6 Å². The fourth-order valence-corrected chi connectivity index (χ4v) is 3.95. The molecule has 5 nitrogen and oxygen atoms in total. The number of aromatic nitrogens is 1. The number of carbonyl (C=O) groups is 1. The van der Waals surface area contributed by atoms with Crippen molar-refractivity contribution in [3.05, 3.63) is 64.3 Å². The molecule has 0 aliphatic carbocycles. The molecule has 1 aliphatic heterocycles. The Labute approximate surface area is 168 Å². The third-order valence-corrected chi connectivity index (χ3v) is 5.16. The maximum atomic E-state index is 13.0. The molecule has 1 atom stereocenters. The number of nitrogens with one attached hydrogen (secondary N) is 1. The molecule has 1 aliphatic rings. The van der Waals surface area contributed by atoms with Crippen molar-refractivity contribution >= 4 is 28.6 Å². The van der Waals surface area contributed by atoms with E-state index >= 15 is 0 Å². The highest BCUT2D eigenvalue weighted by Gasteiger charge is 2.36. The molecule has 1 aromatic heterocycles. The van der Waals surface area contributed by atoms with Gasteiger partial charge in [-0.15, -0.1) is 0 Å². The minimum absolute atomic E-state index is 0.187. The van der Waals surface area contributed by atoms with Gasteiger partial charge in [-0.25, -0.2) is 4.79 Å². The molecule has 2 heterocycles. The van der Waals surface area contributed by atoms with Gasteiger partial charge >= 0.3 is 6.09 Å². The molecule has 0 saturated heterocycles. The number of hydrogen-bond acceptors (Lipinski definition) is 3. The number of benzene rings is 2. The SMILES string of the molecule is CC(C)(C)OC(=O)N1CCc2c([nH]c3ccc(Cl)cc23)[C@@H]1c1ccc(O)cc1. The minimum atomic E-state index is -0.579. The minimum Gasteiger partial charge on any atom is -0.508 e. The normalized spacial score (nSPS) is 16.9. The van der Waals surface area contributed by atoms with Gasteiger partial charge in [-0.1, -0.05) is 23.7 Å². The van der Waals surface area contributed by atoms with Crippen LogP contribution in [0, 0.1) is 0 Å². The molecule has 1 amide bonds. The summed E-state index contributed by atoms with van der Waals surface area (Å²) in [5, 5.41) is 11.5. The van der Waals surface area contributed by atoms with Crippen molar-refractivity contribution in [1.82, 2.24) is 9.88 Å². The van der Waals surface area contributed by atoms with Gasteiger partial charge in [0.2, 0.25) is 0 Å². The summed E-state index contributed by atoms with van der Waals surface area (Å²) >= 11 is 6.21. The summed E-state index contributed by atoms with van der Waals surface area (Å²) in [5.41, 5.74) is 3.44. The number of ether oxygens (including phenoxy) is 1. The fourth-order valence-electron chi connectivity index (χ4n) is 3.78. The lowest BCUT2D eigenvalue weighted by atomic mass is 9.92. The van der Waals surface area contributed by atoms with Gasteiger partial charge in [0.15, 0.2) is 0 Å². The number of nitrogens with zero attached hydrogens (tertiary/aromatic N) is 1. The second-order valence-corrected chi connectivity index (χ2v) is 8.56. The summed E-state index contributed by atoms with van der Waals surface area (Å²) in [7, 11) is 0. The summed E-state index contributed by atoms with van der Waals surface area (Å²) in [6.45, 7) is 6.12. The summed E-state index contributed by atoms with van der Waals surface area (Å²) in [5.74, 6) is 0.187. The maximum Gasteiger partial charge on any atom is 0.411 e. The first-order valence-electron chi connectivity index (χ1n) is 9.31. The van der Waals surface area contributed by atoms with Gasteiger partial charge in [0.05, 0.1) is 0 Å². The molecule has 3 aromatic rings. The van der Waals surface area contributed by atoms with E-state index in [2.05, 4.69) is 4.98 Å². The molecule has 4 rings (SSSR count). The molecule has 0 radical (unpaired) electrons. The Morgan fingerprint density at radius 2 is 1.93 bits per heavy atom. The van der Waals surface area contributed by atoms with E-state index in [-0.39, 0.29) is 17.9 Å². The number of phenols is 1. The number of aromatic hydroxyl groups is 1. The van der Waals surface area contributed by atoms with E-state index in [1.165, 1.54) is 0 Å². The first-order valence-corrected chi connectivity index (χ1v) is 9.69. The second kappa shape index (κ2) is 6.74. The van der Waals surface area contributed by atoms with Crippen LogP contribution in [0.15, 0.2) is 42.5 Å². The number of H-pyrrole nitrogens is 1. The number of amides is 1. The average Bonchev–Trinajstić information content (AvgIpc) is 2.98. The first-order chi connectivity index (χ1) is 13.2. The van der Waals surface area contributed by atoms with Crippen LogP contribution in [0.2, 0.25) is 5.02 Å². The molecule has 2 N–H and O–H groups in total. The van der Waals surface area contributed by atoms with Crippen LogP contribution in [0.3, 0.4) is 0 Å². The van der Waals surface area contributed by atoms with Crippen molar-refractivity contribution < 1.29 is 14.6 Å². The van der Waals surface area contributed by atoms with Gasteiger partial charge in [0.25, 0.3) is 0 Å². The van der Waals surface area contributed by atoms with E-state index in [0.717, 1.165) is 27.7 Å². The number of rotatable bonds is 1. The Morgan fingerprint density at radius 3 is 2.61 bits per heavy atom. The molecule has 28 heavy (non-hydrogen) atoms. The van der Waals surface area contributed by atoms with E-state index in [4.69, 9.17) is 16.3 Å². The summed E-state index contributed by atoms with van der Waals surface area (Å²) < 4.78 is 5.66. The van der Waals surface area contributed by atoms with Gasteiger partial charge in [0.1, 0.15) is 17.4 Å². The van der Waals surface area contributed by atoms with E-state index in [0.29, 0.717) is 18.0 Å². The number of carbonyl (C=O) groups excluding carboxylic acids is 1. The van der Waals surface area contributed by atoms with Crippen molar-refractivity contribution in [3.63, 3.8) is 0 Å². The number of halogens is 1. The second-order valence-electron chi connectivity index (χ2n) is 8.12. The zero-order valence-electron chi connectivity index (χ0n) is 16.1. The smallest absolute Gasteiger partial charge is 0.411 e. The zero-order valence-corrected chi connectivity index (χ0v) is 16.9. The lowest BCUT2D eigenvalue weighted by Crippen LogP contribution is -2.43. The van der Waals surface area contributed by atoms with E-state index in [1.807, 2.05) is 51.1 Å². The van der Waals surface area contributed by atoms with Crippen molar-refractivity contribution in [2.75, 3.05) is 6.54 Å². The van der Waals surface area contributed by atoms with E-state index < -0.39 is 5.60 Å². The molecular weight excluding hydrogens is 376 g/mol. The molecular formula is C22H23ClN2O3. The maximum absolute atomic E-state index is 13.0. The van der Waals surface area contributed by atoms with Gasteiger partial charge in [-0.2, -0.15) is 0 Å². The summed E-state index contributed by atoms with van der Waals surface area (Å²) in [6, 6.07) is 12.4. The molecule has 0 spiro atoms. The third-order valence-electron chi connectivity index (χ3n) is 4.93. The summed E-state index contributed by atoms with van der Waals surface area (Å²) in [6.07, 6.45) is 0.358. The standard InChI is InChI=1S/C22H23ClN2O3/c1-22(2,3)28-21(27)25-11-10-16-17-12-14(23)6-9-18(17)24-19(16)20(25)13-4-7-15(26)8-5-13/h4-9,12,20,24,26H,10-11H2,1-3H3/t20-/m0/s1. The van der Waals surface area contributed by atoms with Crippen LogP contribution in [0.5, 0.6) is 5.75 Å². The highest BCUT2D eigenvalue weighted by atomic mass is 35.5. The number of fused-ring (bicyclic) bond motifs is 3. The van der Waals surface area contributed by atoms with Crippen LogP contribution in [0.4, 0.5) is 4.79 Å². The monoisotopic (exact) mass is 398 g/mol. The Bertz CT molecular complexity index is 1030. The average molecular weight is 399 g/mol. The molecule has 0 unspecified atom stereocenters. The van der Waals surface area contributed by atoms with Crippen molar-refractivity contribution in [2.24, 2.45) is 0 Å². The highest BCUT2D eigenvalue weighted by Crippen LogP contribution is 2.40. The van der Waals surface area contributed by atoms with Crippen LogP contribution in [-0.2, 0) is 11.2 Å². The van der Waals surface area contributed by atoms with Crippen LogP contribution < -0.4 is 0 Å². The molecule has 0 bridgehead atoms. The molecule has 6 heteroatoms. The topological polar surface area (TPSA) is 65.6 Å². The lowest BCUT2D eigenvalue weighted by Gasteiger charge is -2.37. The van der Waals surface area contributed by atoms with Gasteiger partial charge in [0, 0.05) is 28.2 Å². The van der Waals surface area contributed by atoms with E-state index in [9.17, 15) is 9.90 Å². The molecule has 0 fully saturated rings. The quantitative estimate of drug-likeness (QED) is 0.576. The predicted molar refractivity (Wildman–Crippen MR) is 110 cm³/mol. The molecule has 0 saturated carbocycles. The number of phenolic OH excluding ortho intramolecular Hbond substituents is 1. The highest BCUT2D eigenvalue weighted by molar-refractivity contribution is 6.31. The van der Waals surface area contributed by atoms with Crippen molar-refractivity contribution in [3.8, 4) is 5.75 Å². The Kier molecular flexibility index (Phi) is 4.50. The summed E-state index contributed by atoms with van der Waals surface area (Å²) in [4.78, 5) is 18.2. The van der Waals surface area contributed by atoms with Crippen molar-refractivity contribution in [2.45, 2.75) is 38.8 Å². The van der Waals surface area contributed by atoms with Crippen LogP contribution in [-0.4, -0.2) is 33.2 Å². The zero-order chi connectivity index (χ0) is 20.1. The predicted octanol–water partition coefficient (Wildman–Crippen LogP) is 5.41.